The molecule has 4 heterocycles. The van der Waals surface area contributed by atoms with Gasteiger partial charge in [-0.05, 0) is 24.6 Å². The van der Waals surface area contributed by atoms with Gasteiger partial charge in [-0.3, -0.25) is 29.4 Å². The summed E-state index contributed by atoms with van der Waals surface area (Å²) in [5.74, 6) is -1.94. The molecule has 5 rings (SSSR count). The summed E-state index contributed by atoms with van der Waals surface area (Å²) >= 11 is 0. The van der Waals surface area contributed by atoms with Crippen LogP contribution in [0.1, 0.15) is 33.6 Å². The Morgan fingerprint density at radius 3 is 2.68 bits per heavy atom. The standard InChI is InChI=1S/C19H20N4O5/c24-16-4-3-14(17(25)21-16)23-18(26)11-2-1-10(7-12(11)19(23)27)22-6-5-20-13-8-28-9-15(13)22/h1-2,7,13-15,20H,3-6,8-9H2,(H,21,24,25)/t13-,14?,15+/m1/s1. The van der Waals surface area contributed by atoms with Crippen molar-refractivity contribution in [2.75, 3.05) is 31.2 Å². The first-order chi connectivity index (χ1) is 13.5. The van der Waals surface area contributed by atoms with E-state index in [0.717, 1.165) is 23.7 Å². The molecule has 2 N–H and O–H groups in total. The van der Waals surface area contributed by atoms with Crippen molar-refractivity contribution in [2.45, 2.75) is 31.0 Å². The van der Waals surface area contributed by atoms with Gasteiger partial charge >= 0.3 is 0 Å². The van der Waals surface area contributed by atoms with Gasteiger partial charge < -0.3 is 15.0 Å². The number of ether oxygens (including phenoxy) is 1. The van der Waals surface area contributed by atoms with E-state index < -0.39 is 23.8 Å². The fraction of sp³-hybridized carbons (Fsp3) is 0.474. The molecule has 0 aromatic heterocycles. The Hall–Kier alpha value is -2.78. The Labute approximate surface area is 161 Å². The van der Waals surface area contributed by atoms with E-state index in [1.54, 1.807) is 12.1 Å². The van der Waals surface area contributed by atoms with Crippen LogP contribution in [-0.4, -0.2) is 73.0 Å². The molecular weight excluding hydrogens is 364 g/mol. The Balaban J connectivity index is 1.45. The van der Waals surface area contributed by atoms with E-state index in [2.05, 4.69) is 15.5 Å². The van der Waals surface area contributed by atoms with E-state index in [-0.39, 0.29) is 30.8 Å². The van der Waals surface area contributed by atoms with Crippen LogP contribution in [-0.2, 0) is 14.3 Å². The third kappa shape index (κ3) is 2.54. The minimum Gasteiger partial charge on any atom is -0.378 e. The van der Waals surface area contributed by atoms with Gasteiger partial charge in [0.15, 0.2) is 0 Å². The van der Waals surface area contributed by atoms with Crippen LogP contribution >= 0.6 is 0 Å². The predicted octanol–water partition coefficient (Wildman–Crippen LogP) is -0.735. The zero-order valence-electron chi connectivity index (χ0n) is 15.1. The maximum absolute atomic E-state index is 13.0. The highest BCUT2D eigenvalue weighted by Crippen LogP contribution is 2.32. The number of fused-ring (bicyclic) bond motifs is 2. The van der Waals surface area contributed by atoms with Gasteiger partial charge in [-0.25, -0.2) is 0 Å². The quantitative estimate of drug-likeness (QED) is 0.647. The zero-order chi connectivity index (χ0) is 19.4. The third-order valence-electron chi connectivity index (χ3n) is 5.97. The van der Waals surface area contributed by atoms with Gasteiger partial charge in [0.05, 0.1) is 36.4 Å². The second kappa shape index (κ2) is 6.39. The van der Waals surface area contributed by atoms with Crippen LogP contribution in [0.5, 0.6) is 0 Å². The monoisotopic (exact) mass is 384 g/mol. The zero-order valence-corrected chi connectivity index (χ0v) is 15.1. The Kier molecular flexibility index (Phi) is 3.95. The largest absolute Gasteiger partial charge is 0.378 e. The summed E-state index contributed by atoms with van der Waals surface area (Å²) in [6.45, 7) is 2.87. The SMILES string of the molecule is O=C1CCC(N2C(=O)c3ccc(N4CCN[C@@H]5COC[C@@H]54)cc3C2=O)C(=O)N1. The van der Waals surface area contributed by atoms with Gasteiger partial charge in [-0.1, -0.05) is 0 Å². The summed E-state index contributed by atoms with van der Waals surface area (Å²) in [4.78, 5) is 52.5. The van der Waals surface area contributed by atoms with Crippen molar-refractivity contribution < 1.29 is 23.9 Å². The summed E-state index contributed by atoms with van der Waals surface area (Å²) in [6, 6.07) is 4.73. The lowest BCUT2D eigenvalue weighted by atomic mass is 10.0. The van der Waals surface area contributed by atoms with Crippen molar-refractivity contribution in [3.05, 3.63) is 29.3 Å². The average Bonchev–Trinajstić information content (AvgIpc) is 3.26. The molecule has 0 saturated carbocycles. The first kappa shape index (κ1) is 17.3. The maximum Gasteiger partial charge on any atom is 0.262 e. The molecule has 4 aliphatic rings. The molecule has 4 aliphatic heterocycles. The van der Waals surface area contributed by atoms with Gasteiger partial charge in [0.1, 0.15) is 6.04 Å². The lowest BCUT2D eigenvalue weighted by Gasteiger charge is -2.38. The van der Waals surface area contributed by atoms with Gasteiger partial charge in [0.2, 0.25) is 11.8 Å². The number of hydrogen-bond donors (Lipinski definition) is 2. The molecule has 3 atom stereocenters. The van der Waals surface area contributed by atoms with Gasteiger partial charge in [0.25, 0.3) is 11.8 Å². The molecule has 0 spiro atoms. The minimum absolute atomic E-state index is 0.110. The number of rotatable bonds is 2. The Morgan fingerprint density at radius 2 is 1.86 bits per heavy atom. The summed E-state index contributed by atoms with van der Waals surface area (Å²) in [5.41, 5.74) is 1.47. The molecule has 9 heteroatoms. The molecule has 9 nitrogen and oxygen atoms in total. The topological polar surface area (TPSA) is 108 Å². The van der Waals surface area contributed by atoms with Crippen molar-refractivity contribution in [1.82, 2.24) is 15.5 Å². The summed E-state index contributed by atoms with van der Waals surface area (Å²) in [6.07, 6.45) is 0.265. The first-order valence-electron chi connectivity index (χ1n) is 9.48. The number of anilines is 1. The number of benzene rings is 1. The molecule has 0 aliphatic carbocycles. The van der Waals surface area contributed by atoms with Crippen LogP contribution in [0.15, 0.2) is 18.2 Å². The minimum atomic E-state index is -0.944. The molecule has 0 radical (unpaired) electrons. The number of nitrogens with zero attached hydrogens (tertiary/aromatic N) is 2. The van der Waals surface area contributed by atoms with E-state index in [4.69, 9.17) is 4.74 Å². The van der Waals surface area contributed by atoms with Crippen LogP contribution in [0.25, 0.3) is 0 Å². The van der Waals surface area contributed by atoms with Crippen LogP contribution in [0, 0.1) is 0 Å². The van der Waals surface area contributed by atoms with Crippen molar-refractivity contribution in [2.24, 2.45) is 0 Å². The number of carbonyl (C=O) groups excluding carboxylic acids is 4. The van der Waals surface area contributed by atoms with Crippen LogP contribution < -0.4 is 15.5 Å². The summed E-state index contributed by atoms with van der Waals surface area (Å²) in [5, 5.41) is 5.65. The highest BCUT2D eigenvalue weighted by Gasteiger charge is 2.45. The number of piperidine rings is 1. The Bertz CT molecular complexity index is 900. The molecule has 1 unspecified atom stereocenters. The van der Waals surface area contributed by atoms with Gasteiger partial charge in [-0.2, -0.15) is 0 Å². The molecule has 1 aromatic rings. The second-order valence-corrected chi connectivity index (χ2v) is 7.54. The normalized spacial score (nSPS) is 29.8. The number of carbonyl (C=O) groups is 4. The molecule has 28 heavy (non-hydrogen) atoms. The molecule has 1 aromatic carbocycles. The predicted molar refractivity (Wildman–Crippen MR) is 96.9 cm³/mol. The third-order valence-corrected chi connectivity index (χ3v) is 5.97. The van der Waals surface area contributed by atoms with Crippen molar-refractivity contribution in [3.8, 4) is 0 Å². The average molecular weight is 384 g/mol. The number of amides is 4. The van der Waals surface area contributed by atoms with Crippen molar-refractivity contribution in [3.63, 3.8) is 0 Å². The molecule has 146 valence electrons. The molecule has 4 amide bonds. The molecule has 0 bridgehead atoms. The smallest absolute Gasteiger partial charge is 0.262 e. The van der Waals surface area contributed by atoms with Gasteiger partial charge in [0, 0.05) is 25.2 Å². The Morgan fingerprint density at radius 1 is 1.04 bits per heavy atom. The van der Waals surface area contributed by atoms with Crippen LogP contribution in [0.2, 0.25) is 0 Å². The van der Waals surface area contributed by atoms with Crippen molar-refractivity contribution in [1.29, 1.82) is 0 Å². The van der Waals surface area contributed by atoms with E-state index in [9.17, 15) is 19.2 Å². The summed E-state index contributed by atoms with van der Waals surface area (Å²) < 4.78 is 5.59. The fourth-order valence-electron chi connectivity index (χ4n) is 4.54. The summed E-state index contributed by atoms with van der Waals surface area (Å²) in [7, 11) is 0. The van der Waals surface area contributed by atoms with Crippen molar-refractivity contribution >= 4 is 29.3 Å². The van der Waals surface area contributed by atoms with E-state index in [0.29, 0.717) is 24.3 Å². The van der Waals surface area contributed by atoms with Crippen LogP contribution in [0.3, 0.4) is 0 Å². The lowest BCUT2D eigenvalue weighted by molar-refractivity contribution is -0.136. The molecular formula is C19H20N4O5. The second-order valence-electron chi connectivity index (χ2n) is 7.54. The van der Waals surface area contributed by atoms with E-state index >= 15 is 0 Å². The first-order valence-corrected chi connectivity index (χ1v) is 9.48. The van der Waals surface area contributed by atoms with Crippen LogP contribution in [0.4, 0.5) is 5.69 Å². The molecule has 3 saturated heterocycles. The van der Waals surface area contributed by atoms with Gasteiger partial charge in [-0.15, -0.1) is 0 Å². The number of hydrogen-bond acceptors (Lipinski definition) is 7. The van der Waals surface area contributed by atoms with E-state index in [1.165, 1.54) is 0 Å². The number of piperazine rings is 1. The fourth-order valence-corrected chi connectivity index (χ4v) is 4.54. The number of imide groups is 2. The maximum atomic E-state index is 13.0. The lowest BCUT2D eigenvalue weighted by Crippen LogP contribution is -2.57. The highest BCUT2D eigenvalue weighted by molar-refractivity contribution is 6.23. The highest BCUT2D eigenvalue weighted by atomic mass is 16.5. The molecule has 3 fully saturated rings. The van der Waals surface area contributed by atoms with E-state index in [1.807, 2.05) is 6.07 Å². The number of nitrogens with one attached hydrogen (secondary N) is 2.